The average Bonchev–Trinajstić information content (AvgIpc) is 2.97. The molecular weight excluding hydrogens is 370 g/mol. The summed E-state index contributed by atoms with van der Waals surface area (Å²) in [6.45, 7) is 7.48. The van der Waals surface area contributed by atoms with E-state index in [0.29, 0.717) is 17.0 Å². The number of ether oxygens (including phenoxy) is 2. The van der Waals surface area contributed by atoms with Crippen LogP contribution in [0.3, 0.4) is 0 Å². The van der Waals surface area contributed by atoms with Gasteiger partial charge < -0.3 is 14.8 Å². The van der Waals surface area contributed by atoms with Crippen LogP contribution in [0.1, 0.15) is 55.1 Å². The summed E-state index contributed by atoms with van der Waals surface area (Å²) in [5.41, 5.74) is 3.09. The molecule has 1 aliphatic rings. The van der Waals surface area contributed by atoms with Gasteiger partial charge in [-0.1, -0.05) is 32.9 Å². The lowest BCUT2D eigenvalue weighted by Crippen LogP contribution is -2.19. The highest BCUT2D eigenvalue weighted by Crippen LogP contribution is 2.32. The first-order valence-electron chi connectivity index (χ1n) is 9.52. The van der Waals surface area contributed by atoms with Crippen molar-refractivity contribution in [2.45, 2.75) is 39.0 Å². The van der Waals surface area contributed by atoms with Gasteiger partial charge in [0.1, 0.15) is 5.75 Å². The van der Waals surface area contributed by atoms with Crippen molar-refractivity contribution in [2.75, 3.05) is 18.5 Å². The monoisotopic (exact) mass is 395 g/mol. The highest BCUT2D eigenvalue weighted by molar-refractivity contribution is 6.05. The molecule has 0 aromatic heterocycles. The molecule has 0 saturated heterocycles. The number of hydrogen-bond acceptors (Lipinski definition) is 5. The molecule has 1 atom stereocenters. The first kappa shape index (κ1) is 20.6. The highest BCUT2D eigenvalue weighted by Gasteiger charge is 2.27. The minimum Gasteiger partial charge on any atom is -0.482 e. The topological polar surface area (TPSA) is 81.7 Å². The molecule has 0 saturated carbocycles. The summed E-state index contributed by atoms with van der Waals surface area (Å²) in [5.74, 6) is -0.792. The van der Waals surface area contributed by atoms with Crippen molar-refractivity contribution in [1.82, 2.24) is 0 Å². The van der Waals surface area contributed by atoms with E-state index >= 15 is 0 Å². The molecule has 0 radical (unpaired) electrons. The van der Waals surface area contributed by atoms with Crippen molar-refractivity contribution in [3.63, 3.8) is 0 Å². The number of fused-ring (bicyclic) bond motifs is 1. The van der Waals surface area contributed by atoms with Gasteiger partial charge in [0.15, 0.2) is 19.0 Å². The number of Topliss-reactive ketones (excluding diaryl/α,β-unsaturated/α-hetero) is 1. The van der Waals surface area contributed by atoms with E-state index in [0.717, 1.165) is 5.56 Å². The van der Waals surface area contributed by atoms with Gasteiger partial charge in [0.25, 0.3) is 0 Å². The van der Waals surface area contributed by atoms with Crippen LogP contribution in [0.5, 0.6) is 5.75 Å². The zero-order valence-electron chi connectivity index (χ0n) is 17.1. The molecule has 0 spiro atoms. The number of benzene rings is 2. The molecule has 152 valence electrons. The Hall–Kier alpha value is -3.15. The van der Waals surface area contributed by atoms with Crippen LogP contribution in [0.25, 0.3) is 0 Å². The normalized spacial score (nSPS) is 15.4. The largest absolute Gasteiger partial charge is 0.482 e. The molecule has 0 bridgehead atoms. The van der Waals surface area contributed by atoms with Gasteiger partial charge in [-0.25, -0.2) is 4.79 Å². The van der Waals surface area contributed by atoms with Crippen LogP contribution < -0.4 is 10.1 Å². The second-order valence-electron chi connectivity index (χ2n) is 8.16. The summed E-state index contributed by atoms with van der Waals surface area (Å²) >= 11 is 0. The van der Waals surface area contributed by atoms with E-state index < -0.39 is 5.97 Å². The second-order valence-corrected chi connectivity index (χ2v) is 8.16. The Morgan fingerprint density at radius 2 is 1.72 bits per heavy atom. The minimum absolute atomic E-state index is 0.0382. The summed E-state index contributed by atoms with van der Waals surface area (Å²) in [5, 5.41) is 2.76. The third-order valence-electron chi connectivity index (χ3n) is 4.93. The maximum Gasteiger partial charge on any atom is 0.344 e. The van der Waals surface area contributed by atoms with Crippen LogP contribution in [0.2, 0.25) is 0 Å². The van der Waals surface area contributed by atoms with Crippen LogP contribution in [-0.4, -0.2) is 30.9 Å². The van der Waals surface area contributed by atoms with Gasteiger partial charge in [-0.05, 0) is 53.8 Å². The van der Waals surface area contributed by atoms with Crippen molar-refractivity contribution >= 4 is 23.3 Å². The van der Waals surface area contributed by atoms with Gasteiger partial charge >= 0.3 is 5.97 Å². The Kier molecular flexibility index (Phi) is 5.73. The Morgan fingerprint density at radius 3 is 2.38 bits per heavy atom. The number of carbonyl (C=O) groups is 3. The van der Waals surface area contributed by atoms with Crippen LogP contribution in [0.4, 0.5) is 5.69 Å². The fourth-order valence-electron chi connectivity index (χ4n) is 3.05. The van der Waals surface area contributed by atoms with E-state index in [1.807, 2.05) is 12.1 Å². The molecule has 0 aliphatic carbocycles. The molecule has 29 heavy (non-hydrogen) atoms. The van der Waals surface area contributed by atoms with Gasteiger partial charge in [-0.2, -0.15) is 0 Å². The Bertz CT molecular complexity index is 941. The standard InChI is InChI=1S/C23H25NO5/c1-14-18-11-15(5-10-19(18)24-22(14)27)20(25)12-29-21(26)13-28-17-8-6-16(7-9-17)23(2,3)4/h5-11,14H,12-13H2,1-4H3,(H,24,27)/t14-/m1/s1. The summed E-state index contributed by atoms with van der Waals surface area (Å²) < 4.78 is 10.5. The number of ketones is 1. The summed E-state index contributed by atoms with van der Waals surface area (Å²) in [7, 11) is 0. The average molecular weight is 395 g/mol. The Balaban J connectivity index is 1.50. The lowest BCUT2D eigenvalue weighted by molar-refractivity contribution is -0.144. The van der Waals surface area contributed by atoms with Crippen molar-refractivity contribution in [3.8, 4) is 5.75 Å². The molecule has 2 aromatic rings. The zero-order valence-corrected chi connectivity index (χ0v) is 17.1. The second kappa shape index (κ2) is 8.07. The molecule has 1 heterocycles. The van der Waals surface area contributed by atoms with E-state index in [-0.39, 0.29) is 36.2 Å². The van der Waals surface area contributed by atoms with Gasteiger partial charge in [0.05, 0.1) is 5.92 Å². The van der Waals surface area contributed by atoms with E-state index in [2.05, 4.69) is 26.1 Å². The summed E-state index contributed by atoms with van der Waals surface area (Å²) in [4.78, 5) is 35.9. The number of rotatable bonds is 6. The number of amides is 1. The minimum atomic E-state index is -0.621. The third-order valence-corrected chi connectivity index (χ3v) is 4.93. The molecule has 2 aromatic carbocycles. The molecule has 6 nitrogen and oxygen atoms in total. The van der Waals surface area contributed by atoms with Crippen LogP contribution in [-0.2, 0) is 19.7 Å². The van der Waals surface area contributed by atoms with Gasteiger partial charge in [-0.3, -0.25) is 9.59 Å². The Morgan fingerprint density at radius 1 is 1.03 bits per heavy atom. The van der Waals surface area contributed by atoms with Gasteiger partial charge in [0.2, 0.25) is 5.91 Å². The van der Waals surface area contributed by atoms with E-state index in [9.17, 15) is 14.4 Å². The highest BCUT2D eigenvalue weighted by atomic mass is 16.6. The number of nitrogens with one attached hydrogen (secondary N) is 1. The zero-order chi connectivity index (χ0) is 21.2. The lowest BCUT2D eigenvalue weighted by Gasteiger charge is -2.19. The third kappa shape index (κ3) is 4.83. The van der Waals surface area contributed by atoms with E-state index in [1.165, 1.54) is 5.56 Å². The van der Waals surface area contributed by atoms with Crippen molar-refractivity contribution in [2.24, 2.45) is 0 Å². The molecule has 6 heteroatoms. The predicted molar refractivity (Wildman–Crippen MR) is 109 cm³/mol. The SMILES string of the molecule is C[C@H]1C(=O)Nc2ccc(C(=O)COC(=O)COc3ccc(C(C)(C)C)cc3)cc21. The Labute approximate surface area is 170 Å². The van der Waals surface area contributed by atoms with Crippen molar-refractivity contribution in [3.05, 3.63) is 59.2 Å². The molecule has 0 unspecified atom stereocenters. The summed E-state index contributed by atoms with van der Waals surface area (Å²) in [6, 6.07) is 12.5. The van der Waals surface area contributed by atoms with E-state index in [1.54, 1.807) is 37.3 Å². The van der Waals surface area contributed by atoms with Crippen molar-refractivity contribution in [1.29, 1.82) is 0 Å². The first-order chi connectivity index (χ1) is 13.6. The maximum absolute atomic E-state index is 12.3. The lowest BCUT2D eigenvalue weighted by atomic mass is 9.87. The molecular formula is C23H25NO5. The molecule has 3 rings (SSSR count). The first-order valence-corrected chi connectivity index (χ1v) is 9.52. The predicted octanol–water partition coefficient (Wildman–Crippen LogP) is 3.84. The fourth-order valence-corrected chi connectivity index (χ4v) is 3.05. The number of carbonyl (C=O) groups excluding carboxylic acids is 3. The molecule has 1 amide bonds. The van der Waals surface area contributed by atoms with Crippen LogP contribution in [0, 0.1) is 0 Å². The van der Waals surface area contributed by atoms with Crippen LogP contribution in [0.15, 0.2) is 42.5 Å². The van der Waals surface area contributed by atoms with Crippen molar-refractivity contribution < 1.29 is 23.9 Å². The quantitative estimate of drug-likeness (QED) is 0.594. The van der Waals surface area contributed by atoms with Gasteiger partial charge in [0, 0.05) is 11.3 Å². The van der Waals surface area contributed by atoms with Crippen LogP contribution >= 0.6 is 0 Å². The number of esters is 1. The number of hydrogen-bond donors (Lipinski definition) is 1. The smallest absolute Gasteiger partial charge is 0.344 e. The number of anilines is 1. The summed E-state index contributed by atoms with van der Waals surface area (Å²) in [6.07, 6.45) is 0. The molecule has 0 fully saturated rings. The fraction of sp³-hybridized carbons (Fsp3) is 0.348. The van der Waals surface area contributed by atoms with Gasteiger partial charge in [-0.15, -0.1) is 0 Å². The molecule has 1 N–H and O–H groups in total. The maximum atomic E-state index is 12.3. The molecule has 1 aliphatic heterocycles. The van der Waals surface area contributed by atoms with E-state index in [4.69, 9.17) is 9.47 Å².